The van der Waals surface area contributed by atoms with Gasteiger partial charge >= 0.3 is 5.97 Å². The molecule has 268 valence electrons. The maximum absolute atomic E-state index is 12.4. The van der Waals surface area contributed by atoms with Crippen LogP contribution in [-0.2, 0) is 9.53 Å². The summed E-state index contributed by atoms with van der Waals surface area (Å²) >= 11 is 0. The van der Waals surface area contributed by atoms with Crippen LogP contribution in [0.4, 0.5) is 0 Å². The summed E-state index contributed by atoms with van der Waals surface area (Å²) in [5, 5.41) is 0. The number of unbranched alkanes of at least 4 members (excludes halogenated alkanes) is 5. The van der Waals surface area contributed by atoms with E-state index < -0.39 is 0 Å². The van der Waals surface area contributed by atoms with Crippen molar-refractivity contribution < 1.29 is 9.53 Å². The van der Waals surface area contributed by atoms with Crippen molar-refractivity contribution in [3.63, 3.8) is 0 Å². The molecule has 0 bridgehead atoms. The Morgan fingerprint density at radius 3 is 2.26 bits per heavy atom. The molecule has 4 aliphatic rings. The van der Waals surface area contributed by atoms with Gasteiger partial charge in [0.15, 0.2) is 0 Å². The summed E-state index contributed by atoms with van der Waals surface area (Å²) in [6.07, 6.45) is 43.3. The highest BCUT2D eigenvalue weighted by molar-refractivity contribution is 5.69. The van der Waals surface area contributed by atoms with Crippen molar-refractivity contribution in [1.82, 2.24) is 0 Å². The van der Waals surface area contributed by atoms with Gasteiger partial charge in [-0.1, -0.05) is 116 Å². The molecule has 0 aromatic rings. The molecule has 0 radical (unpaired) electrons. The second kappa shape index (κ2) is 19.8. The topological polar surface area (TPSA) is 26.3 Å². The normalized spacial score (nSPS) is 33.6. The third kappa shape index (κ3) is 10.8. The largest absolute Gasteiger partial charge is 0.465 e. The molecule has 0 spiro atoms. The highest BCUT2D eigenvalue weighted by Gasteiger charge is 2.60. The van der Waals surface area contributed by atoms with Crippen LogP contribution in [0.2, 0.25) is 0 Å². The molecule has 0 saturated heterocycles. The van der Waals surface area contributed by atoms with E-state index in [4.69, 9.17) is 4.74 Å². The lowest BCUT2D eigenvalue weighted by Gasteiger charge is -2.61. The van der Waals surface area contributed by atoms with Crippen LogP contribution in [0.3, 0.4) is 0 Å². The lowest BCUT2D eigenvalue weighted by molar-refractivity contribution is -0.145. The summed E-state index contributed by atoms with van der Waals surface area (Å²) in [6, 6.07) is 0. The van der Waals surface area contributed by atoms with Gasteiger partial charge in [0.2, 0.25) is 0 Å². The van der Waals surface area contributed by atoms with Gasteiger partial charge < -0.3 is 4.74 Å². The molecule has 47 heavy (non-hydrogen) atoms. The SMILES string of the molecule is CC/C=C\C/C=C\C/C=C\CCCCCCCC(=O)OCC(C)CCC[C@@H](C)[C@H]1CC[C@H]2[C@@H]3CCC4CCCC[C@]4(C)[C@H]3CC[C@]12C. The maximum atomic E-state index is 12.4. The summed E-state index contributed by atoms with van der Waals surface area (Å²) in [5.41, 5.74) is 1.24. The summed E-state index contributed by atoms with van der Waals surface area (Å²) < 4.78 is 5.71. The van der Waals surface area contributed by atoms with Crippen molar-refractivity contribution in [3.05, 3.63) is 36.5 Å². The maximum Gasteiger partial charge on any atom is 0.305 e. The van der Waals surface area contributed by atoms with Gasteiger partial charge in [-0.15, -0.1) is 0 Å². The van der Waals surface area contributed by atoms with Crippen LogP contribution in [-0.4, -0.2) is 12.6 Å². The van der Waals surface area contributed by atoms with Crippen LogP contribution in [0.5, 0.6) is 0 Å². The number of fused-ring (bicyclic) bond motifs is 5. The first-order chi connectivity index (χ1) is 22.8. The van der Waals surface area contributed by atoms with Gasteiger partial charge in [-0.3, -0.25) is 4.79 Å². The highest BCUT2D eigenvalue weighted by Crippen LogP contribution is 2.68. The van der Waals surface area contributed by atoms with E-state index in [1.54, 1.807) is 0 Å². The quantitative estimate of drug-likeness (QED) is 0.0746. The van der Waals surface area contributed by atoms with E-state index in [-0.39, 0.29) is 5.97 Å². The van der Waals surface area contributed by atoms with Gasteiger partial charge in [0, 0.05) is 6.42 Å². The predicted octanol–water partition coefficient (Wildman–Crippen LogP) is 13.6. The molecule has 9 atom stereocenters. The third-order valence-corrected chi connectivity index (χ3v) is 14.3. The monoisotopic (exact) mass is 649 g/mol. The Hall–Kier alpha value is -1.31. The van der Waals surface area contributed by atoms with E-state index in [9.17, 15) is 4.79 Å². The van der Waals surface area contributed by atoms with Gasteiger partial charge in [-0.05, 0) is 149 Å². The Kier molecular flexibility index (Phi) is 16.2. The van der Waals surface area contributed by atoms with Crippen molar-refractivity contribution in [3.8, 4) is 0 Å². The van der Waals surface area contributed by atoms with E-state index in [1.807, 2.05) is 0 Å². The van der Waals surface area contributed by atoms with Crippen LogP contribution < -0.4 is 0 Å². The molecule has 0 heterocycles. The van der Waals surface area contributed by atoms with Crippen LogP contribution in [0.15, 0.2) is 36.5 Å². The van der Waals surface area contributed by atoms with Crippen LogP contribution in [0, 0.1) is 52.3 Å². The summed E-state index contributed by atoms with van der Waals surface area (Å²) in [7, 11) is 0. The second-order valence-electron chi connectivity index (χ2n) is 17.4. The predicted molar refractivity (Wildman–Crippen MR) is 202 cm³/mol. The number of hydrogen-bond acceptors (Lipinski definition) is 2. The zero-order chi connectivity index (χ0) is 33.5. The first kappa shape index (κ1) is 38.5. The van der Waals surface area contributed by atoms with Gasteiger partial charge in [0.25, 0.3) is 0 Å². The first-order valence-corrected chi connectivity index (χ1v) is 20.9. The van der Waals surface area contributed by atoms with Gasteiger partial charge in [-0.2, -0.15) is 0 Å². The Balaban J connectivity index is 1.02. The standard InChI is InChI=1S/C45H76O2/c1-6-7-8-9-10-11-12-13-14-15-16-17-18-19-20-27-43(46)47-35-36(2)24-23-25-37(3)40-30-31-41-39-29-28-38-26-21-22-33-44(38,4)42(39)32-34-45(40,41)5/h7-8,10-11,13-14,36-42H,6,9,12,15-35H2,1-5H3/b8-7-,11-10-,14-13-/t36?,37-,38?,39+,40-,41+,42+,44+,45-/m1/s1. The molecule has 4 aliphatic carbocycles. The number of carbonyl (C=O) groups excluding carboxylic acids is 1. The smallest absolute Gasteiger partial charge is 0.305 e. The lowest BCUT2D eigenvalue weighted by Crippen LogP contribution is -2.53. The molecule has 4 saturated carbocycles. The highest BCUT2D eigenvalue weighted by atomic mass is 16.5. The number of hydrogen-bond donors (Lipinski definition) is 0. The van der Waals surface area contributed by atoms with E-state index >= 15 is 0 Å². The summed E-state index contributed by atoms with van der Waals surface area (Å²) in [6.45, 7) is 13.1. The Morgan fingerprint density at radius 2 is 1.45 bits per heavy atom. The van der Waals surface area contributed by atoms with Crippen molar-refractivity contribution in [2.75, 3.05) is 6.61 Å². The number of rotatable bonds is 20. The fraction of sp³-hybridized carbons (Fsp3) is 0.844. The fourth-order valence-electron chi connectivity index (χ4n) is 11.5. The molecule has 2 nitrogen and oxygen atoms in total. The van der Waals surface area contributed by atoms with Gasteiger partial charge in [0.05, 0.1) is 6.61 Å². The third-order valence-electron chi connectivity index (χ3n) is 14.3. The number of carbonyl (C=O) groups is 1. The van der Waals surface area contributed by atoms with Gasteiger partial charge in [0.1, 0.15) is 0 Å². The zero-order valence-electron chi connectivity index (χ0n) is 31.8. The molecule has 4 fully saturated rings. The number of allylic oxidation sites excluding steroid dienone is 6. The number of esters is 1. The lowest BCUT2D eigenvalue weighted by atomic mass is 9.44. The molecule has 0 amide bonds. The van der Waals surface area contributed by atoms with E-state index in [2.05, 4.69) is 71.1 Å². The molecule has 2 heteroatoms. The van der Waals surface area contributed by atoms with E-state index in [1.165, 1.54) is 109 Å². The fourth-order valence-corrected chi connectivity index (χ4v) is 11.5. The van der Waals surface area contributed by atoms with Gasteiger partial charge in [-0.25, -0.2) is 0 Å². The van der Waals surface area contributed by atoms with Crippen LogP contribution in [0.1, 0.15) is 182 Å². The Morgan fingerprint density at radius 1 is 0.723 bits per heavy atom. The molecule has 0 N–H and O–H groups in total. The summed E-state index contributed by atoms with van der Waals surface area (Å²) in [4.78, 5) is 12.4. The first-order valence-electron chi connectivity index (χ1n) is 20.9. The zero-order valence-corrected chi connectivity index (χ0v) is 31.8. The van der Waals surface area contributed by atoms with Crippen molar-refractivity contribution in [1.29, 1.82) is 0 Å². The molecule has 2 unspecified atom stereocenters. The molecule has 0 aliphatic heterocycles. The van der Waals surface area contributed by atoms with Crippen LogP contribution >= 0.6 is 0 Å². The average molecular weight is 649 g/mol. The molecule has 0 aromatic carbocycles. The van der Waals surface area contributed by atoms with E-state index in [0.717, 1.165) is 67.6 Å². The summed E-state index contributed by atoms with van der Waals surface area (Å²) in [5.74, 6) is 6.29. The Bertz CT molecular complexity index is 992. The second-order valence-corrected chi connectivity index (χ2v) is 17.4. The van der Waals surface area contributed by atoms with Crippen molar-refractivity contribution >= 4 is 5.97 Å². The minimum Gasteiger partial charge on any atom is -0.465 e. The minimum absolute atomic E-state index is 0.0167. The molecule has 4 rings (SSSR count). The number of ether oxygens (including phenoxy) is 1. The average Bonchev–Trinajstić information content (AvgIpc) is 3.42. The molecular formula is C45H76O2. The van der Waals surface area contributed by atoms with E-state index in [0.29, 0.717) is 29.8 Å². The Labute approximate surface area is 292 Å². The molecular weight excluding hydrogens is 572 g/mol. The molecule has 0 aromatic heterocycles. The van der Waals surface area contributed by atoms with Crippen molar-refractivity contribution in [2.24, 2.45) is 52.3 Å². The van der Waals surface area contributed by atoms with Crippen molar-refractivity contribution in [2.45, 2.75) is 182 Å². The minimum atomic E-state index is 0.0167. The van der Waals surface area contributed by atoms with Crippen LogP contribution in [0.25, 0.3) is 0 Å².